The molecule has 3 heterocycles. The van der Waals surface area contributed by atoms with E-state index in [1.54, 1.807) is 50.2 Å². The largest absolute Gasteiger partial charge is 0.508 e. The van der Waals surface area contributed by atoms with E-state index < -0.39 is 229 Å². The van der Waals surface area contributed by atoms with Crippen LogP contribution >= 0.6 is 21.6 Å². The number of amides is 11. The molecule has 3 aromatic rings. The Kier molecular flexibility index (Phi) is 44.6. The van der Waals surface area contributed by atoms with Crippen molar-refractivity contribution in [1.82, 2.24) is 90.0 Å². The van der Waals surface area contributed by atoms with Gasteiger partial charge in [-0.2, -0.15) is 0 Å². The number of hydrogen-bond acceptors (Lipinski definition) is 30. The van der Waals surface area contributed by atoms with Crippen LogP contribution in [0.25, 0.3) is 0 Å². The predicted molar refractivity (Wildman–Crippen MR) is 514 cm³/mol. The molecule has 2 bridgehead atoms. The van der Waals surface area contributed by atoms with Gasteiger partial charge in [-0.25, -0.2) is 4.79 Å². The first-order valence-corrected chi connectivity index (χ1v) is 48.9. The zero-order chi connectivity index (χ0) is 103. The van der Waals surface area contributed by atoms with E-state index in [1.165, 1.54) is 45.9 Å². The van der Waals surface area contributed by atoms with Crippen molar-refractivity contribution >= 4 is 122 Å². The van der Waals surface area contributed by atoms with E-state index in [9.17, 15) is 98.4 Å². The number of likely N-dealkylation sites (N-methyl/N-ethyl adjacent to an activating group) is 1. The number of aliphatic hydroxyl groups excluding tert-OH is 5. The quantitative estimate of drug-likeness (QED) is 0.0108. The van der Waals surface area contributed by atoms with Gasteiger partial charge in [-0.3, -0.25) is 79.8 Å². The number of aromatic hydroxyl groups is 2. The molecular formula is C88H137N27O23S2. The van der Waals surface area contributed by atoms with Crippen LogP contribution in [0.3, 0.4) is 0 Å². The summed E-state index contributed by atoms with van der Waals surface area (Å²) in [6.45, 7) is 1.84. The number of carboxylic acids is 1. The number of carbonyl (C=O) groups is 12. The molecule has 5 aliphatic rings. The third-order valence-electron chi connectivity index (χ3n) is 24.6. The van der Waals surface area contributed by atoms with E-state index in [1.807, 2.05) is 6.07 Å². The number of rotatable bonds is 58. The number of nitrogens with two attached hydrogens (primary N) is 5. The molecule has 20 unspecified atom stereocenters. The van der Waals surface area contributed by atoms with Gasteiger partial charge in [0.1, 0.15) is 90.6 Å². The Balaban J connectivity index is 0.893. The number of nitrogens with one attached hydrogen (secondary N) is 21. The molecule has 20 atom stereocenters. The summed E-state index contributed by atoms with van der Waals surface area (Å²) in [5.74, 6) is -14.0. The fourth-order valence-electron chi connectivity index (χ4n) is 17.7. The second-order valence-electron chi connectivity index (χ2n) is 35.4. The molecule has 39 N–H and O–H groups in total. The number of hydrogen-bond donors (Lipinski definition) is 34. The van der Waals surface area contributed by atoms with Gasteiger partial charge in [0.15, 0.2) is 53.7 Å². The second kappa shape index (κ2) is 55.4. The molecule has 3 aliphatic heterocycles. The Bertz CT molecular complexity index is 4770. The summed E-state index contributed by atoms with van der Waals surface area (Å²) in [5, 5.41) is 166. The molecule has 0 radical (unpaired) electrons. The average Bonchev–Trinajstić information content (AvgIpc) is 1.50. The molecule has 2 saturated heterocycles. The summed E-state index contributed by atoms with van der Waals surface area (Å²) in [4.78, 5) is 173. The van der Waals surface area contributed by atoms with Crippen molar-refractivity contribution in [2.45, 2.75) is 244 Å². The number of piperidine rings is 1. The highest BCUT2D eigenvalue weighted by Gasteiger charge is 2.67. The van der Waals surface area contributed by atoms with Crippen LogP contribution in [-0.2, 0) is 91.7 Å². The number of carboxylic acid groups (broad SMARTS) is 1. The van der Waals surface area contributed by atoms with Crippen molar-refractivity contribution in [2.24, 2.45) is 40.5 Å². The molecule has 2 aliphatic carbocycles. The number of phenolic OH excluding ortho intramolecular Hbond substituents is 2. The number of aliphatic hydroxyl groups is 5. The molecule has 774 valence electrons. The molecule has 140 heavy (non-hydrogen) atoms. The van der Waals surface area contributed by atoms with Crippen molar-refractivity contribution in [2.75, 3.05) is 77.6 Å². The zero-order valence-electron chi connectivity index (χ0n) is 78.3. The van der Waals surface area contributed by atoms with Crippen LogP contribution in [0.5, 0.6) is 17.2 Å². The minimum absolute atomic E-state index is 0.00788. The van der Waals surface area contributed by atoms with Gasteiger partial charge in [0.25, 0.3) is 5.91 Å². The molecule has 3 fully saturated rings. The number of ether oxygens (including phenoxy) is 3. The number of carbonyl (C=O) groups excluding carboxylic acids is 11. The Morgan fingerprint density at radius 1 is 0.493 bits per heavy atom. The number of phenols is 2. The highest BCUT2D eigenvalue weighted by molar-refractivity contribution is 8.76. The van der Waals surface area contributed by atoms with Gasteiger partial charge in [-0.1, -0.05) is 84.0 Å². The summed E-state index contributed by atoms with van der Waals surface area (Å²) < 4.78 is 19.1. The van der Waals surface area contributed by atoms with Gasteiger partial charge < -0.3 is 174 Å². The summed E-state index contributed by atoms with van der Waals surface area (Å²) >= 11 is 0. The lowest BCUT2D eigenvalue weighted by atomic mass is 9.51. The van der Waals surface area contributed by atoms with E-state index >= 15 is 0 Å². The Labute approximate surface area is 816 Å². The van der Waals surface area contributed by atoms with Crippen LogP contribution in [-0.4, -0.2) is 333 Å². The van der Waals surface area contributed by atoms with Crippen molar-refractivity contribution in [3.63, 3.8) is 0 Å². The SMILES string of the molecule is CC(C)CC(NC(=O)C(CCCNC(=N)N)NC(=O)C(CCCNC(=N)N)NC(=O)CCSSCCNC(=O)C1OC(OC2CCC3C4Cc5ccc(O)c6c5C3(CCN4C)C2O6)C(O)C(O)C1O)C(=O)NC(CO)C(=O)NC(Cc1ccc(O)cc1)C(=O)NC(CO)C(=O)NC(CCCNC(=N)N)C(=O)NC(CCCNC(=N)N)C(=O)NC(CCCNC(=N)N)C(=O)NC(Cc1ccccc1)C(=O)O. The predicted octanol–water partition coefficient (Wildman–Crippen LogP) is -7.39. The normalized spacial score (nSPS) is 21.4. The summed E-state index contributed by atoms with van der Waals surface area (Å²) in [5.41, 5.74) is 30.0. The fraction of sp³-hybridized carbons (Fsp3) is 0.602. The van der Waals surface area contributed by atoms with Crippen molar-refractivity contribution in [1.29, 1.82) is 27.0 Å². The number of likely N-dealkylation sites (tertiary alicyclic amines) is 1. The van der Waals surface area contributed by atoms with E-state index in [0.29, 0.717) is 17.7 Å². The van der Waals surface area contributed by atoms with Crippen LogP contribution < -0.4 is 118 Å². The van der Waals surface area contributed by atoms with Crippen LogP contribution in [0.1, 0.15) is 132 Å². The monoisotopic (exact) mass is 2000 g/mol. The van der Waals surface area contributed by atoms with Gasteiger partial charge in [-0.05, 0) is 157 Å². The minimum Gasteiger partial charge on any atom is -0.508 e. The van der Waals surface area contributed by atoms with Crippen LogP contribution in [0.4, 0.5) is 0 Å². The lowest BCUT2D eigenvalue weighted by molar-refractivity contribution is -0.312. The van der Waals surface area contributed by atoms with Gasteiger partial charge in [0.05, 0.1) is 19.3 Å². The summed E-state index contributed by atoms with van der Waals surface area (Å²) in [6.07, 6.45) is -8.83. The molecule has 11 amide bonds. The van der Waals surface area contributed by atoms with E-state index in [-0.39, 0.29) is 169 Å². The number of benzene rings is 3. The smallest absolute Gasteiger partial charge is 0.326 e. The molecule has 8 rings (SSSR count). The molecular weight excluding hydrogens is 1870 g/mol. The van der Waals surface area contributed by atoms with Crippen LogP contribution in [0.15, 0.2) is 66.7 Å². The Morgan fingerprint density at radius 3 is 1.37 bits per heavy atom. The highest BCUT2D eigenvalue weighted by atomic mass is 33.1. The number of guanidine groups is 5. The third-order valence-corrected chi connectivity index (χ3v) is 27.1. The van der Waals surface area contributed by atoms with Gasteiger partial charge >= 0.3 is 5.97 Å². The van der Waals surface area contributed by atoms with Crippen molar-refractivity contribution in [3.05, 3.63) is 89.0 Å². The molecule has 0 aromatic heterocycles. The highest BCUT2D eigenvalue weighted by Crippen LogP contribution is 2.64. The lowest BCUT2D eigenvalue weighted by Gasteiger charge is -2.59. The van der Waals surface area contributed by atoms with Crippen LogP contribution in [0, 0.1) is 38.9 Å². The number of aliphatic carboxylic acids is 1. The zero-order valence-corrected chi connectivity index (χ0v) is 79.9. The van der Waals surface area contributed by atoms with E-state index in [0.717, 1.165) is 36.9 Å². The van der Waals surface area contributed by atoms with E-state index in [2.05, 4.69) is 97.0 Å². The fourth-order valence-corrected chi connectivity index (χ4v) is 19.6. The van der Waals surface area contributed by atoms with Gasteiger partial charge in [-0.15, -0.1) is 0 Å². The second-order valence-corrected chi connectivity index (χ2v) is 38.1. The first-order valence-electron chi connectivity index (χ1n) is 46.4. The molecule has 50 nitrogen and oxygen atoms in total. The van der Waals surface area contributed by atoms with Crippen molar-refractivity contribution in [3.8, 4) is 17.2 Å². The average molecular weight is 2010 g/mol. The summed E-state index contributed by atoms with van der Waals surface area (Å²) in [7, 11) is 4.60. The molecule has 3 aromatic carbocycles. The number of nitrogens with zero attached hydrogens (tertiary/aromatic N) is 1. The standard InChI is InChI=1S/C88H137N27O23S2/c1-44(2)38-55(110-74(127)53(17-10-32-103-86(95)96)106-71(124)50(14-7-29-100-83(89)90)105-63(120)27-36-139-140-37-34-99-80(133)69-66(122)65(121)67(123)82(138-69)136-62-26-24-49-60-41-47-21-25-61(119)68-64(47)88(49,70(62)137-68)28-35-115(60)3)76(129)113-59(43-117)79(132)111-56(39-46-19-22-48(118)23-20-46)77(130)114-58(42-116)78(131)109-52(16-9-31-102-85(93)94)73(126)107-51(15-8-30-101-84(91)92)72(125)108-54(18-11-33-104-87(97)98)75(128)112-57(81(134)135)40-45-12-5-4-6-13-45/h4-6,12-13,19-23,25,44,49-60,62,65-67,69-70,82,116-119,121-123H,7-11,14-18,24,26-43H2,1-3H3,(H,99,133)(H,105,120)(H,106,124)(H,107,126)(H,108,125)(H,109,131)(H,110,127)(H,111,132)(H,112,128)(H,113,129)(H,114,130)(H,134,135)(H4,89,90,100)(H4,91,92,101)(H4,93,94,102)(H4,95,96,103)(H4,97,98,104). The maximum atomic E-state index is 14.7. The van der Waals surface area contributed by atoms with Gasteiger partial charge in [0.2, 0.25) is 59.1 Å². The van der Waals surface area contributed by atoms with Crippen molar-refractivity contribution < 1.29 is 113 Å². The Hall–Kier alpha value is -12.6. The first kappa shape index (κ1) is 113. The first-order chi connectivity index (χ1) is 66.6. The lowest BCUT2D eigenvalue weighted by Crippen LogP contribution is -2.68. The Morgan fingerprint density at radius 2 is 0.907 bits per heavy atom. The maximum absolute atomic E-state index is 14.7. The van der Waals surface area contributed by atoms with E-state index in [4.69, 9.17) is 69.9 Å². The molecule has 1 spiro atoms. The molecule has 52 heteroatoms. The third kappa shape index (κ3) is 33.6. The minimum atomic E-state index is -1.97. The summed E-state index contributed by atoms with van der Waals surface area (Å²) in [6, 6.07) is 1.11. The maximum Gasteiger partial charge on any atom is 0.326 e. The van der Waals surface area contributed by atoms with Gasteiger partial charge in [0, 0.05) is 87.1 Å². The molecule has 1 saturated carbocycles. The topological polar surface area (TPSA) is 839 Å². The van der Waals surface area contributed by atoms with Crippen LogP contribution in [0.2, 0.25) is 0 Å².